The van der Waals surface area contributed by atoms with Crippen molar-refractivity contribution in [1.82, 2.24) is 15.1 Å². The maximum atomic E-state index is 12.6. The van der Waals surface area contributed by atoms with Gasteiger partial charge in [0.15, 0.2) is 0 Å². The number of rotatable bonds is 3. The van der Waals surface area contributed by atoms with Crippen LogP contribution in [0.1, 0.15) is 51.8 Å². The summed E-state index contributed by atoms with van der Waals surface area (Å²) in [4.78, 5) is 30.7. The average Bonchev–Trinajstić information content (AvgIpc) is 3.29. The number of methoxy groups -OCH3 is 1. The zero-order chi connectivity index (χ0) is 20.3. The number of nitrogens with zero attached hydrogens (tertiary/aromatic N) is 3. The minimum Gasteiger partial charge on any atom is -0.468 e. The van der Waals surface area contributed by atoms with Gasteiger partial charge in [0.1, 0.15) is 17.3 Å². The van der Waals surface area contributed by atoms with E-state index in [-0.39, 0.29) is 31.3 Å². The van der Waals surface area contributed by atoms with E-state index in [1.165, 1.54) is 7.11 Å². The molecule has 154 valence electrons. The van der Waals surface area contributed by atoms with Gasteiger partial charge >= 0.3 is 12.1 Å². The first-order chi connectivity index (χ1) is 13.3. The zero-order valence-corrected chi connectivity index (χ0v) is 16.9. The summed E-state index contributed by atoms with van der Waals surface area (Å²) >= 11 is 0. The van der Waals surface area contributed by atoms with Crippen LogP contribution in [-0.4, -0.2) is 65.3 Å². The second kappa shape index (κ2) is 8.30. The topological polar surface area (TPSA) is 106 Å². The third-order valence-electron chi connectivity index (χ3n) is 4.74. The molecule has 2 fully saturated rings. The molecule has 1 amide bonds. The van der Waals surface area contributed by atoms with Crippen LogP contribution in [0.2, 0.25) is 0 Å². The van der Waals surface area contributed by atoms with Gasteiger partial charge in [-0.2, -0.15) is 5.10 Å². The number of piperidine rings is 1. The van der Waals surface area contributed by atoms with Crippen molar-refractivity contribution in [2.24, 2.45) is 10.9 Å². The highest BCUT2D eigenvalue weighted by Crippen LogP contribution is 2.32. The smallest absolute Gasteiger partial charge is 0.410 e. The molecule has 1 aromatic rings. The van der Waals surface area contributed by atoms with Gasteiger partial charge in [-0.25, -0.2) is 9.79 Å². The van der Waals surface area contributed by atoms with Crippen molar-refractivity contribution in [2.45, 2.75) is 51.7 Å². The van der Waals surface area contributed by atoms with E-state index in [0.29, 0.717) is 18.1 Å². The van der Waals surface area contributed by atoms with E-state index in [4.69, 9.17) is 14.2 Å². The summed E-state index contributed by atoms with van der Waals surface area (Å²) in [5.74, 6) is -0.330. The third kappa shape index (κ3) is 4.70. The van der Waals surface area contributed by atoms with Gasteiger partial charge in [-0.1, -0.05) is 0 Å². The SMILES string of the molecule is COC(=O)C1COCC1=Nc1cc(C2CCCCN2C(=O)OC(C)(C)C)n[nH]1. The first kappa shape index (κ1) is 20.3. The lowest BCUT2D eigenvalue weighted by Crippen LogP contribution is -2.42. The Morgan fingerprint density at radius 2 is 2.14 bits per heavy atom. The van der Waals surface area contributed by atoms with Crippen LogP contribution in [-0.2, 0) is 19.0 Å². The highest BCUT2D eigenvalue weighted by Gasteiger charge is 2.34. The van der Waals surface area contributed by atoms with E-state index < -0.39 is 11.5 Å². The molecule has 0 radical (unpaired) electrons. The number of amides is 1. The molecule has 28 heavy (non-hydrogen) atoms. The molecule has 3 rings (SSSR count). The lowest BCUT2D eigenvalue weighted by molar-refractivity contribution is -0.143. The van der Waals surface area contributed by atoms with E-state index in [2.05, 4.69) is 15.2 Å². The maximum Gasteiger partial charge on any atom is 0.410 e. The third-order valence-corrected chi connectivity index (χ3v) is 4.74. The van der Waals surface area contributed by atoms with Crippen LogP contribution >= 0.6 is 0 Å². The summed E-state index contributed by atoms with van der Waals surface area (Å²) in [5, 5.41) is 7.25. The summed E-state index contributed by atoms with van der Waals surface area (Å²) in [6.45, 7) is 6.74. The van der Waals surface area contributed by atoms with Gasteiger partial charge in [0.25, 0.3) is 0 Å². The summed E-state index contributed by atoms with van der Waals surface area (Å²) in [7, 11) is 1.35. The Balaban J connectivity index is 1.77. The van der Waals surface area contributed by atoms with Gasteiger partial charge in [-0.3, -0.25) is 14.8 Å². The molecule has 2 atom stereocenters. The van der Waals surface area contributed by atoms with Gasteiger partial charge in [0.2, 0.25) is 0 Å². The van der Waals surface area contributed by atoms with E-state index in [1.54, 1.807) is 4.90 Å². The molecule has 0 saturated carbocycles. The fourth-order valence-electron chi connectivity index (χ4n) is 3.42. The first-order valence-electron chi connectivity index (χ1n) is 9.56. The van der Waals surface area contributed by atoms with Gasteiger partial charge in [0, 0.05) is 12.6 Å². The van der Waals surface area contributed by atoms with Crippen LogP contribution in [0, 0.1) is 5.92 Å². The van der Waals surface area contributed by atoms with Crippen molar-refractivity contribution >= 4 is 23.6 Å². The first-order valence-corrected chi connectivity index (χ1v) is 9.56. The summed E-state index contributed by atoms with van der Waals surface area (Å²) in [5.41, 5.74) is 0.792. The minimum absolute atomic E-state index is 0.162. The Bertz CT molecular complexity index is 752. The summed E-state index contributed by atoms with van der Waals surface area (Å²) in [6.07, 6.45) is 2.43. The predicted octanol–water partition coefficient (Wildman–Crippen LogP) is 2.76. The van der Waals surface area contributed by atoms with E-state index >= 15 is 0 Å². The lowest BCUT2D eigenvalue weighted by atomic mass is 10.00. The number of aliphatic imine (C=N–C) groups is 1. The molecule has 1 aromatic heterocycles. The molecule has 0 aromatic carbocycles. The van der Waals surface area contributed by atoms with Crippen LogP contribution in [0.4, 0.5) is 10.6 Å². The molecule has 0 aliphatic carbocycles. The molecule has 2 aliphatic rings. The standard InChI is InChI=1S/C19H28N4O5/c1-19(2,3)28-18(25)23-8-6-5-7-15(23)13-9-16(22-21-13)20-14-11-27-10-12(14)17(24)26-4/h9,12,15H,5-8,10-11H2,1-4H3,(H,21,22). The number of aromatic nitrogens is 2. The van der Waals surface area contributed by atoms with Gasteiger partial charge in [-0.05, 0) is 40.0 Å². The van der Waals surface area contributed by atoms with Crippen LogP contribution in [0.15, 0.2) is 11.1 Å². The van der Waals surface area contributed by atoms with Crippen LogP contribution < -0.4 is 0 Å². The van der Waals surface area contributed by atoms with Crippen molar-refractivity contribution in [3.05, 3.63) is 11.8 Å². The van der Waals surface area contributed by atoms with Crippen LogP contribution in [0.25, 0.3) is 0 Å². The molecule has 9 heteroatoms. The van der Waals surface area contributed by atoms with Crippen LogP contribution in [0.5, 0.6) is 0 Å². The zero-order valence-electron chi connectivity index (χ0n) is 16.9. The van der Waals surface area contributed by atoms with Crippen LogP contribution in [0.3, 0.4) is 0 Å². The lowest BCUT2D eigenvalue weighted by Gasteiger charge is -2.35. The number of hydrogen-bond acceptors (Lipinski definition) is 7. The quantitative estimate of drug-likeness (QED) is 0.793. The Kier molecular flexibility index (Phi) is 6.02. The van der Waals surface area contributed by atoms with Crippen molar-refractivity contribution in [1.29, 1.82) is 0 Å². The number of esters is 1. The Morgan fingerprint density at radius 1 is 1.36 bits per heavy atom. The number of likely N-dealkylation sites (tertiary alicyclic amines) is 1. The average molecular weight is 392 g/mol. The molecule has 2 saturated heterocycles. The molecule has 0 bridgehead atoms. The summed E-state index contributed by atoms with van der Waals surface area (Å²) < 4.78 is 15.7. The van der Waals surface area contributed by atoms with Crippen molar-refractivity contribution in [2.75, 3.05) is 26.9 Å². The highest BCUT2D eigenvalue weighted by atomic mass is 16.6. The fourth-order valence-corrected chi connectivity index (χ4v) is 3.42. The maximum absolute atomic E-state index is 12.6. The van der Waals surface area contributed by atoms with Crippen molar-refractivity contribution in [3.8, 4) is 0 Å². The Hall–Kier alpha value is -2.42. The number of hydrogen-bond donors (Lipinski definition) is 1. The normalized spacial score (nSPS) is 24.4. The fraction of sp³-hybridized carbons (Fsp3) is 0.684. The molecule has 3 heterocycles. The van der Waals surface area contributed by atoms with E-state index in [0.717, 1.165) is 25.0 Å². The second-order valence-electron chi connectivity index (χ2n) is 8.06. The number of carbonyl (C=O) groups is 2. The molecular weight excluding hydrogens is 364 g/mol. The number of aromatic amines is 1. The van der Waals surface area contributed by atoms with Crippen molar-refractivity contribution in [3.63, 3.8) is 0 Å². The van der Waals surface area contributed by atoms with Gasteiger partial charge < -0.3 is 14.2 Å². The Morgan fingerprint density at radius 3 is 2.86 bits per heavy atom. The van der Waals surface area contributed by atoms with Gasteiger partial charge in [-0.15, -0.1) is 0 Å². The molecule has 0 spiro atoms. The van der Waals surface area contributed by atoms with E-state index in [9.17, 15) is 9.59 Å². The molecule has 2 unspecified atom stereocenters. The van der Waals surface area contributed by atoms with E-state index in [1.807, 2.05) is 26.8 Å². The van der Waals surface area contributed by atoms with Crippen molar-refractivity contribution < 1.29 is 23.8 Å². The predicted molar refractivity (Wildman–Crippen MR) is 102 cm³/mol. The molecule has 9 nitrogen and oxygen atoms in total. The Labute approximate surface area is 164 Å². The number of carbonyl (C=O) groups excluding carboxylic acids is 2. The summed E-state index contributed by atoms with van der Waals surface area (Å²) in [6, 6.07) is 1.65. The largest absolute Gasteiger partial charge is 0.468 e. The molecular formula is C19H28N4O5. The molecule has 2 aliphatic heterocycles. The van der Waals surface area contributed by atoms with Gasteiger partial charge in [0.05, 0.1) is 37.8 Å². The monoisotopic (exact) mass is 392 g/mol. The number of H-pyrrole nitrogens is 1. The number of nitrogens with one attached hydrogen (secondary N) is 1. The number of ether oxygens (including phenoxy) is 3. The highest BCUT2D eigenvalue weighted by molar-refractivity contribution is 6.05. The molecule has 1 N–H and O–H groups in total. The minimum atomic E-state index is -0.548. The second-order valence-corrected chi connectivity index (χ2v) is 8.06.